The number of aromatic nitrogens is 3. The second-order valence-electron chi connectivity index (χ2n) is 4.52. The van der Waals surface area contributed by atoms with Crippen LogP contribution in [-0.4, -0.2) is 39.9 Å². The molecular weight excluding hydrogens is 284 g/mol. The van der Waals surface area contributed by atoms with E-state index in [0.29, 0.717) is 12.3 Å². The highest BCUT2D eigenvalue weighted by atomic mass is 32.2. The monoisotopic (exact) mass is 306 g/mol. The molecule has 0 saturated carbocycles. The molecule has 0 aliphatic carbocycles. The number of thioether (sulfide) groups is 1. The van der Waals surface area contributed by atoms with Gasteiger partial charge in [0, 0.05) is 12.3 Å². The highest BCUT2D eigenvalue weighted by Crippen LogP contribution is 2.18. The minimum atomic E-state index is -3.00. The Kier molecular flexibility index (Phi) is 6.28. The van der Waals surface area contributed by atoms with Crippen molar-refractivity contribution in [3.05, 3.63) is 5.82 Å². The Labute approximate surface area is 119 Å². The van der Waals surface area contributed by atoms with Crippen molar-refractivity contribution >= 4 is 21.6 Å². The van der Waals surface area contributed by atoms with E-state index in [1.807, 2.05) is 4.57 Å². The Hall–Kier alpha value is -0.600. The van der Waals surface area contributed by atoms with Crippen LogP contribution in [0.5, 0.6) is 0 Å². The number of hydrogen-bond acceptors (Lipinski definition) is 6. The highest BCUT2D eigenvalue weighted by Gasteiger charge is 2.17. The first-order chi connectivity index (χ1) is 8.92. The Morgan fingerprint density at radius 1 is 1.37 bits per heavy atom. The lowest BCUT2D eigenvalue weighted by Crippen LogP contribution is -2.19. The fraction of sp³-hybridized carbons (Fsp3) is 0.818. The van der Waals surface area contributed by atoms with Crippen molar-refractivity contribution in [2.75, 3.05) is 11.5 Å². The van der Waals surface area contributed by atoms with E-state index in [0.717, 1.165) is 23.9 Å². The molecule has 8 heteroatoms. The smallest absolute Gasteiger partial charge is 0.191 e. The van der Waals surface area contributed by atoms with Crippen molar-refractivity contribution in [1.82, 2.24) is 14.8 Å². The largest absolute Gasteiger partial charge is 0.324 e. The zero-order valence-corrected chi connectivity index (χ0v) is 13.3. The maximum atomic E-state index is 11.7. The van der Waals surface area contributed by atoms with E-state index in [1.165, 1.54) is 11.8 Å². The molecule has 0 aromatic carbocycles. The molecule has 6 nitrogen and oxygen atoms in total. The first-order valence-electron chi connectivity index (χ1n) is 6.38. The van der Waals surface area contributed by atoms with Crippen molar-refractivity contribution in [3.8, 4) is 0 Å². The minimum absolute atomic E-state index is 0.159. The van der Waals surface area contributed by atoms with Crippen molar-refractivity contribution in [3.63, 3.8) is 0 Å². The van der Waals surface area contributed by atoms with Crippen molar-refractivity contribution in [2.24, 2.45) is 5.73 Å². The second-order valence-corrected chi connectivity index (χ2v) is 8.26. The van der Waals surface area contributed by atoms with Gasteiger partial charge in [0.2, 0.25) is 0 Å². The van der Waals surface area contributed by atoms with Crippen LogP contribution in [0.1, 0.15) is 33.0 Å². The molecular formula is C11H22N4O2S2. The second kappa shape index (κ2) is 7.25. The van der Waals surface area contributed by atoms with Crippen LogP contribution in [0.3, 0.4) is 0 Å². The van der Waals surface area contributed by atoms with Crippen LogP contribution >= 0.6 is 11.8 Å². The summed E-state index contributed by atoms with van der Waals surface area (Å²) in [6.07, 6.45) is 0.961. The molecule has 1 rings (SSSR count). The van der Waals surface area contributed by atoms with E-state index in [2.05, 4.69) is 17.1 Å². The van der Waals surface area contributed by atoms with Crippen LogP contribution in [0.2, 0.25) is 0 Å². The van der Waals surface area contributed by atoms with E-state index in [4.69, 9.17) is 5.73 Å². The van der Waals surface area contributed by atoms with Crippen molar-refractivity contribution in [2.45, 2.75) is 50.7 Å². The van der Waals surface area contributed by atoms with E-state index >= 15 is 0 Å². The van der Waals surface area contributed by atoms with Crippen molar-refractivity contribution < 1.29 is 8.42 Å². The van der Waals surface area contributed by atoms with Gasteiger partial charge in [0.15, 0.2) is 15.0 Å². The fourth-order valence-corrected chi connectivity index (χ4v) is 3.88. The van der Waals surface area contributed by atoms with Gasteiger partial charge in [-0.1, -0.05) is 18.7 Å². The molecule has 1 aromatic heterocycles. The Bertz CT molecular complexity index is 497. The first-order valence-corrected chi connectivity index (χ1v) is 9.09. The Morgan fingerprint density at radius 3 is 2.58 bits per heavy atom. The average molecular weight is 306 g/mol. The fourth-order valence-electron chi connectivity index (χ4n) is 1.51. The van der Waals surface area contributed by atoms with Crippen LogP contribution in [-0.2, 0) is 22.9 Å². The first kappa shape index (κ1) is 16.5. The molecule has 19 heavy (non-hydrogen) atoms. The van der Waals surface area contributed by atoms with E-state index in [-0.39, 0.29) is 11.0 Å². The standard InChI is InChI=1S/C11H22N4O2S2/c1-4-5-15-10(8-12)13-14-11(15)18-6-7-19(16,17)9(2)3/h9H,4-8,12H2,1-3H3. The summed E-state index contributed by atoms with van der Waals surface area (Å²) in [4.78, 5) is 0. The van der Waals surface area contributed by atoms with Gasteiger partial charge < -0.3 is 10.3 Å². The lowest BCUT2D eigenvalue weighted by molar-refractivity contribution is 0.588. The van der Waals surface area contributed by atoms with E-state index < -0.39 is 9.84 Å². The average Bonchev–Trinajstić information content (AvgIpc) is 2.72. The van der Waals surface area contributed by atoms with Gasteiger partial charge in [-0.15, -0.1) is 10.2 Å². The Morgan fingerprint density at radius 2 is 2.05 bits per heavy atom. The third-order valence-corrected chi connectivity index (χ3v) is 6.18. The summed E-state index contributed by atoms with van der Waals surface area (Å²) in [6.45, 7) is 6.62. The quantitative estimate of drug-likeness (QED) is 0.722. The molecule has 0 aliphatic heterocycles. The number of nitrogens with zero attached hydrogens (tertiary/aromatic N) is 3. The van der Waals surface area contributed by atoms with Gasteiger partial charge >= 0.3 is 0 Å². The lowest BCUT2D eigenvalue weighted by atomic mass is 10.4. The summed E-state index contributed by atoms with van der Waals surface area (Å²) in [5.41, 5.74) is 5.60. The zero-order chi connectivity index (χ0) is 14.5. The maximum absolute atomic E-state index is 11.7. The van der Waals surface area contributed by atoms with Crippen LogP contribution in [0.4, 0.5) is 0 Å². The third kappa shape index (κ3) is 4.47. The summed E-state index contributed by atoms with van der Waals surface area (Å²) >= 11 is 1.42. The number of sulfone groups is 1. The minimum Gasteiger partial charge on any atom is -0.324 e. The van der Waals surface area contributed by atoms with Gasteiger partial charge in [0.25, 0.3) is 0 Å². The normalized spacial score (nSPS) is 12.3. The molecule has 0 fully saturated rings. The summed E-state index contributed by atoms with van der Waals surface area (Å²) in [7, 11) is -3.00. The van der Waals surface area contributed by atoms with Gasteiger partial charge in [-0.3, -0.25) is 0 Å². The molecule has 2 N–H and O–H groups in total. The summed E-state index contributed by atoms with van der Waals surface area (Å²) < 4.78 is 25.4. The van der Waals surface area contributed by atoms with Crippen LogP contribution in [0.25, 0.3) is 0 Å². The molecule has 110 valence electrons. The zero-order valence-electron chi connectivity index (χ0n) is 11.7. The van der Waals surface area contributed by atoms with Crippen molar-refractivity contribution in [1.29, 1.82) is 0 Å². The molecule has 0 spiro atoms. The maximum Gasteiger partial charge on any atom is 0.191 e. The molecule has 0 atom stereocenters. The lowest BCUT2D eigenvalue weighted by Gasteiger charge is -2.09. The topological polar surface area (TPSA) is 90.9 Å². The molecule has 1 aromatic rings. The van der Waals surface area contributed by atoms with E-state index in [9.17, 15) is 8.42 Å². The molecule has 0 bridgehead atoms. The van der Waals surface area contributed by atoms with Crippen LogP contribution < -0.4 is 5.73 Å². The number of hydrogen-bond donors (Lipinski definition) is 1. The molecule has 0 radical (unpaired) electrons. The molecule has 0 aliphatic rings. The predicted molar refractivity (Wildman–Crippen MR) is 77.9 cm³/mol. The van der Waals surface area contributed by atoms with Crippen LogP contribution in [0.15, 0.2) is 5.16 Å². The number of nitrogens with two attached hydrogens (primary N) is 1. The van der Waals surface area contributed by atoms with Gasteiger partial charge in [0.05, 0.1) is 17.5 Å². The molecule has 0 saturated heterocycles. The van der Waals surface area contributed by atoms with E-state index in [1.54, 1.807) is 13.8 Å². The Balaban J connectivity index is 2.66. The summed E-state index contributed by atoms with van der Waals surface area (Å²) in [6, 6.07) is 0. The van der Waals surface area contributed by atoms with Gasteiger partial charge in [-0.2, -0.15) is 0 Å². The third-order valence-electron chi connectivity index (χ3n) is 2.74. The predicted octanol–water partition coefficient (Wildman–Crippen LogP) is 1.06. The van der Waals surface area contributed by atoms with Crippen LogP contribution in [0, 0.1) is 0 Å². The summed E-state index contributed by atoms with van der Waals surface area (Å²) in [5.74, 6) is 1.40. The van der Waals surface area contributed by atoms with Gasteiger partial charge in [-0.05, 0) is 20.3 Å². The molecule has 1 heterocycles. The van der Waals surface area contributed by atoms with Gasteiger partial charge in [0.1, 0.15) is 5.82 Å². The molecule has 0 amide bonds. The highest BCUT2D eigenvalue weighted by molar-refractivity contribution is 8.00. The molecule has 0 unspecified atom stereocenters. The SMILES string of the molecule is CCCn1c(CN)nnc1SCCS(=O)(=O)C(C)C. The summed E-state index contributed by atoms with van der Waals surface area (Å²) in [5, 5.41) is 8.51. The number of rotatable bonds is 8. The van der Waals surface area contributed by atoms with Gasteiger partial charge in [-0.25, -0.2) is 8.42 Å².